The molecular formula is C12H19N5O3. The zero-order chi connectivity index (χ0) is 14.9. The number of hydrogen-bond donors (Lipinski definition) is 1. The van der Waals surface area contributed by atoms with Gasteiger partial charge < -0.3 is 10.2 Å². The van der Waals surface area contributed by atoms with E-state index in [0.29, 0.717) is 0 Å². The Hall–Kier alpha value is -1.96. The maximum atomic E-state index is 12.3. The third-order valence-corrected chi connectivity index (χ3v) is 3.64. The van der Waals surface area contributed by atoms with Gasteiger partial charge in [-0.05, 0) is 39.9 Å². The lowest BCUT2D eigenvalue weighted by Crippen LogP contribution is -2.43. The van der Waals surface area contributed by atoms with Gasteiger partial charge in [-0.1, -0.05) is 0 Å². The maximum absolute atomic E-state index is 12.3. The van der Waals surface area contributed by atoms with Gasteiger partial charge in [-0.25, -0.2) is 0 Å². The van der Waals surface area contributed by atoms with Gasteiger partial charge in [-0.2, -0.15) is 5.10 Å². The highest BCUT2D eigenvalue weighted by molar-refractivity contribution is 5.97. The number of amides is 1. The highest BCUT2D eigenvalue weighted by Crippen LogP contribution is 2.22. The molecule has 0 spiro atoms. The lowest BCUT2D eigenvalue weighted by Gasteiger charge is -2.29. The van der Waals surface area contributed by atoms with Crippen molar-refractivity contribution in [3.63, 3.8) is 0 Å². The van der Waals surface area contributed by atoms with Gasteiger partial charge in [0.2, 0.25) is 5.69 Å². The van der Waals surface area contributed by atoms with Crippen molar-refractivity contribution in [1.82, 2.24) is 20.0 Å². The average Bonchev–Trinajstić information content (AvgIpc) is 2.67. The molecule has 1 aromatic rings. The van der Waals surface area contributed by atoms with E-state index in [4.69, 9.17) is 0 Å². The number of piperidine rings is 1. The topological polar surface area (TPSA) is 93.3 Å². The number of aromatic nitrogens is 2. The van der Waals surface area contributed by atoms with E-state index in [-0.39, 0.29) is 23.1 Å². The molecule has 1 fully saturated rings. The molecule has 2 rings (SSSR count). The van der Waals surface area contributed by atoms with Crippen LogP contribution in [0.2, 0.25) is 0 Å². The molecule has 0 bridgehead atoms. The second-order valence-electron chi connectivity index (χ2n) is 5.21. The molecule has 8 heteroatoms. The van der Waals surface area contributed by atoms with Gasteiger partial charge in [0.05, 0.1) is 4.92 Å². The summed E-state index contributed by atoms with van der Waals surface area (Å²) in [4.78, 5) is 25.0. The molecule has 1 saturated heterocycles. The van der Waals surface area contributed by atoms with Crippen molar-refractivity contribution in [3.05, 3.63) is 21.5 Å². The van der Waals surface area contributed by atoms with E-state index in [2.05, 4.69) is 15.3 Å². The highest BCUT2D eigenvalue weighted by Gasteiger charge is 2.30. The molecule has 2 heterocycles. The number of carbonyl (C=O) groups excluding carboxylic acids is 1. The van der Waals surface area contributed by atoms with Gasteiger partial charge in [-0.3, -0.25) is 19.6 Å². The Morgan fingerprint density at radius 2 is 2.00 bits per heavy atom. The molecular weight excluding hydrogens is 262 g/mol. The fourth-order valence-corrected chi connectivity index (χ4v) is 2.53. The third kappa shape index (κ3) is 2.79. The molecule has 1 N–H and O–H groups in total. The van der Waals surface area contributed by atoms with Crippen LogP contribution in [0.15, 0.2) is 0 Å². The van der Waals surface area contributed by atoms with Gasteiger partial charge in [0, 0.05) is 13.1 Å². The summed E-state index contributed by atoms with van der Waals surface area (Å²) in [6.45, 7) is 3.36. The van der Waals surface area contributed by atoms with E-state index in [1.807, 2.05) is 7.05 Å². The first-order valence-corrected chi connectivity index (χ1v) is 6.57. The van der Waals surface area contributed by atoms with Crippen molar-refractivity contribution >= 4 is 11.6 Å². The fraction of sp³-hybridized carbons (Fsp3) is 0.667. The molecule has 1 aliphatic rings. The smallest absolute Gasteiger partial charge is 0.322 e. The molecule has 1 aliphatic heterocycles. The molecule has 0 saturated carbocycles. The Bertz CT molecular complexity index is 531. The van der Waals surface area contributed by atoms with Crippen molar-refractivity contribution in [2.45, 2.75) is 25.8 Å². The Morgan fingerprint density at radius 3 is 2.55 bits per heavy atom. The van der Waals surface area contributed by atoms with Crippen LogP contribution in [-0.2, 0) is 7.05 Å². The van der Waals surface area contributed by atoms with Crippen LogP contribution in [0, 0.1) is 17.0 Å². The number of nitrogens with zero attached hydrogens (tertiary/aromatic N) is 4. The van der Waals surface area contributed by atoms with Gasteiger partial charge in [0.1, 0.15) is 5.69 Å². The zero-order valence-corrected chi connectivity index (χ0v) is 11.9. The predicted molar refractivity (Wildman–Crippen MR) is 72.6 cm³/mol. The van der Waals surface area contributed by atoms with E-state index in [1.54, 1.807) is 7.05 Å². The maximum Gasteiger partial charge on any atom is 0.322 e. The van der Waals surface area contributed by atoms with E-state index in [9.17, 15) is 14.9 Å². The minimum atomic E-state index is -0.550. The molecule has 0 unspecified atom stereocenters. The number of rotatable bonds is 3. The van der Waals surface area contributed by atoms with Gasteiger partial charge in [-0.15, -0.1) is 0 Å². The minimum absolute atomic E-state index is 0.0198. The van der Waals surface area contributed by atoms with Crippen molar-refractivity contribution in [2.24, 2.45) is 7.05 Å². The summed E-state index contributed by atoms with van der Waals surface area (Å²) in [6.07, 6.45) is 1.71. The summed E-state index contributed by atoms with van der Waals surface area (Å²) < 4.78 is 1.28. The summed E-state index contributed by atoms with van der Waals surface area (Å²) in [5.41, 5.74) is 0.0652. The summed E-state index contributed by atoms with van der Waals surface area (Å²) in [6, 6.07) is 0.0634. The number of carbonyl (C=O) groups is 1. The molecule has 0 aromatic carbocycles. The van der Waals surface area contributed by atoms with E-state index in [1.165, 1.54) is 11.6 Å². The number of hydrogen-bond acceptors (Lipinski definition) is 5. The molecule has 8 nitrogen and oxygen atoms in total. The monoisotopic (exact) mass is 281 g/mol. The third-order valence-electron chi connectivity index (χ3n) is 3.64. The first-order chi connectivity index (χ1) is 9.40. The van der Waals surface area contributed by atoms with Crippen LogP contribution in [0.4, 0.5) is 5.69 Å². The van der Waals surface area contributed by atoms with Gasteiger partial charge >= 0.3 is 5.69 Å². The zero-order valence-electron chi connectivity index (χ0n) is 11.9. The van der Waals surface area contributed by atoms with Crippen molar-refractivity contribution in [3.8, 4) is 0 Å². The van der Waals surface area contributed by atoms with Crippen LogP contribution in [0.1, 0.15) is 29.0 Å². The van der Waals surface area contributed by atoms with Crippen LogP contribution in [0.25, 0.3) is 0 Å². The van der Waals surface area contributed by atoms with Crippen LogP contribution in [0.3, 0.4) is 0 Å². The van der Waals surface area contributed by atoms with Crippen LogP contribution >= 0.6 is 0 Å². The largest absolute Gasteiger partial charge is 0.348 e. The number of aryl methyl sites for hydroxylation is 2. The number of nitrogens with one attached hydrogen (secondary N) is 1. The predicted octanol–water partition coefficient (Wildman–Crippen LogP) is 0.461. The quantitative estimate of drug-likeness (QED) is 0.641. The summed E-state index contributed by atoms with van der Waals surface area (Å²) in [5, 5.41) is 17.9. The van der Waals surface area contributed by atoms with Crippen molar-refractivity contribution in [2.75, 3.05) is 20.1 Å². The van der Waals surface area contributed by atoms with Crippen LogP contribution in [0.5, 0.6) is 0 Å². The Morgan fingerprint density at radius 1 is 1.40 bits per heavy atom. The van der Waals surface area contributed by atoms with E-state index >= 15 is 0 Å². The van der Waals surface area contributed by atoms with E-state index in [0.717, 1.165) is 25.9 Å². The SMILES string of the molecule is Cc1nn(C)c(C(=O)NC2CCN(C)CC2)c1[N+](=O)[O-]. The van der Waals surface area contributed by atoms with Gasteiger partial charge in [0.25, 0.3) is 5.91 Å². The van der Waals surface area contributed by atoms with E-state index < -0.39 is 10.8 Å². The summed E-state index contributed by atoms with van der Waals surface area (Å²) in [7, 11) is 3.58. The molecule has 0 atom stereocenters. The van der Waals surface area contributed by atoms with Crippen molar-refractivity contribution < 1.29 is 9.72 Å². The standard InChI is InChI=1S/C12H19N5O3/c1-8-10(17(19)20)11(16(3)14-8)12(18)13-9-4-6-15(2)7-5-9/h9H,4-7H2,1-3H3,(H,13,18). The minimum Gasteiger partial charge on any atom is -0.348 e. The Balaban J connectivity index is 2.15. The first-order valence-electron chi connectivity index (χ1n) is 6.57. The van der Waals surface area contributed by atoms with Gasteiger partial charge in [0.15, 0.2) is 0 Å². The summed E-state index contributed by atoms with van der Waals surface area (Å²) >= 11 is 0. The lowest BCUT2D eigenvalue weighted by molar-refractivity contribution is -0.385. The second kappa shape index (κ2) is 5.58. The molecule has 1 aromatic heterocycles. The first kappa shape index (κ1) is 14.4. The van der Waals surface area contributed by atoms with Crippen molar-refractivity contribution in [1.29, 1.82) is 0 Å². The highest BCUT2D eigenvalue weighted by atomic mass is 16.6. The summed E-state index contributed by atoms with van der Waals surface area (Å²) in [5.74, 6) is -0.422. The number of likely N-dealkylation sites (tertiary alicyclic amines) is 1. The molecule has 0 aliphatic carbocycles. The molecule has 20 heavy (non-hydrogen) atoms. The Kier molecular flexibility index (Phi) is 4.03. The molecule has 0 radical (unpaired) electrons. The number of nitro groups is 1. The molecule has 1 amide bonds. The average molecular weight is 281 g/mol. The van der Waals surface area contributed by atoms with Crippen LogP contribution < -0.4 is 5.32 Å². The Labute approximate surface area is 116 Å². The molecule has 110 valence electrons. The normalized spacial score (nSPS) is 17.1. The second-order valence-corrected chi connectivity index (χ2v) is 5.21. The lowest BCUT2D eigenvalue weighted by atomic mass is 10.1. The van der Waals surface area contributed by atoms with Crippen LogP contribution in [-0.4, -0.2) is 51.7 Å². The fourth-order valence-electron chi connectivity index (χ4n) is 2.53.